The zero-order valence-corrected chi connectivity index (χ0v) is 15.2. The molecule has 130 valence electrons. The van der Waals surface area contributed by atoms with Crippen molar-refractivity contribution >= 4 is 17.7 Å². The van der Waals surface area contributed by atoms with Gasteiger partial charge in [0, 0.05) is 6.04 Å². The fraction of sp³-hybridized carbons (Fsp3) is 0.471. The van der Waals surface area contributed by atoms with Crippen LogP contribution in [0.2, 0.25) is 0 Å². The van der Waals surface area contributed by atoms with Crippen LogP contribution in [-0.4, -0.2) is 34.5 Å². The van der Waals surface area contributed by atoms with E-state index in [9.17, 15) is 4.79 Å². The molecule has 1 aromatic carbocycles. The third kappa shape index (κ3) is 5.26. The quantitative estimate of drug-likeness (QED) is 0.738. The minimum absolute atomic E-state index is 0.0238. The molecule has 0 saturated carbocycles. The number of amides is 1. The van der Waals surface area contributed by atoms with Gasteiger partial charge >= 0.3 is 0 Å². The molecule has 0 aliphatic heterocycles. The summed E-state index contributed by atoms with van der Waals surface area (Å²) in [5, 5.41) is 11.1. The molecule has 0 aliphatic carbocycles. The Balaban J connectivity index is 1.91. The van der Waals surface area contributed by atoms with Crippen molar-refractivity contribution in [2.45, 2.75) is 50.1 Å². The summed E-state index contributed by atoms with van der Waals surface area (Å²) < 4.78 is 10.8. The Labute approximate surface area is 146 Å². The minimum atomic E-state index is -0.284. The summed E-state index contributed by atoms with van der Waals surface area (Å²) in [7, 11) is 1.63. The molecule has 0 bridgehead atoms. The van der Waals surface area contributed by atoms with Gasteiger partial charge in [0.2, 0.25) is 11.8 Å². The molecule has 1 heterocycles. The molecule has 0 spiro atoms. The van der Waals surface area contributed by atoms with E-state index in [1.807, 2.05) is 45.0 Å². The standard InChI is InChI=1S/C17H23N3O3S/c1-5-11(2)18-16(21)12(3)24-17-20-19-15(23-17)10-13-6-8-14(22-4)9-7-13/h6-9,11-12H,5,10H2,1-4H3,(H,18,21). The second kappa shape index (κ2) is 8.73. The lowest BCUT2D eigenvalue weighted by molar-refractivity contribution is -0.120. The average Bonchev–Trinajstić information content (AvgIpc) is 3.02. The van der Waals surface area contributed by atoms with E-state index in [1.54, 1.807) is 7.11 Å². The van der Waals surface area contributed by atoms with Gasteiger partial charge in [-0.25, -0.2) is 0 Å². The first-order valence-corrected chi connectivity index (χ1v) is 8.82. The highest BCUT2D eigenvalue weighted by Gasteiger charge is 2.19. The van der Waals surface area contributed by atoms with Gasteiger partial charge in [-0.05, 0) is 38.0 Å². The summed E-state index contributed by atoms with van der Waals surface area (Å²) in [5.74, 6) is 1.31. The van der Waals surface area contributed by atoms with Gasteiger partial charge in [-0.3, -0.25) is 4.79 Å². The molecular formula is C17H23N3O3S. The first-order chi connectivity index (χ1) is 11.5. The predicted molar refractivity (Wildman–Crippen MR) is 93.3 cm³/mol. The third-order valence-electron chi connectivity index (χ3n) is 3.61. The van der Waals surface area contributed by atoms with Crippen LogP contribution in [-0.2, 0) is 11.2 Å². The first-order valence-electron chi connectivity index (χ1n) is 7.94. The molecule has 0 fully saturated rings. The summed E-state index contributed by atoms with van der Waals surface area (Å²) in [6.07, 6.45) is 1.45. The summed E-state index contributed by atoms with van der Waals surface area (Å²) in [6, 6.07) is 7.86. The minimum Gasteiger partial charge on any atom is -0.497 e. The Morgan fingerprint density at radius 3 is 2.62 bits per heavy atom. The van der Waals surface area contributed by atoms with Gasteiger partial charge in [-0.15, -0.1) is 10.2 Å². The molecular weight excluding hydrogens is 326 g/mol. The monoisotopic (exact) mass is 349 g/mol. The number of hydrogen-bond acceptors (Lipinski definition) is 6. The SMILES string of the molecule is CCC(C)NC(=O)C(C)Sc1nnc(Cc2ccc(OC)cc2)o1. The van der Waals surface area contributed by atoms with Gasteiger partial charge in [0.15, 0.2) is 0 Å². The number of nitrogens with zero attached hydrogens (tertiary/aromatic N) is 2. The number of hydrogen-bond donors (Lipinski definition) is 1. The van der Waals surface area contributed by atoms with Crippen LogP contribution < -0.4 is 10.1 Å². The molecule has 2 unspecified atom stereocenters. The summed E-state index contributed by atoms with van der Waals surface area (Å²) in [4.78, 5) is 12.0. The molecule has 2 rings (SSSR count). The molecule has 0 aliphatic rings. The van der Waals surface area contributed by atoms with Crippen molar-refractivity contribution in [3.05, 3.63) is 35.7 Å². The van der Waals surface area contributed by atoms with Crippen LogP contribution in [0.15, 0.2) is 33.9 Å². The Morgan fingerprint density at radius 1 is 1.29 bits per heavy atom. The zero-order valence-electron chi connectivity index (χ0n) is 14.4. The molecule has 2 aromatic rings. The molecule has 1 aromatic heterocycles. The first kappa shape index (κ1) is 18.3. The van der Waals surface area contributed by atoms with Gasteiger partial charge in [-0.2, -0.15) is 0 Å². The van der Waals surface area contributed by atoms with Crippen LogP contribution in [0, 0.1) is 0 Å². The summed E-state index contributed by atoms with van der Waals surface area (Å²) in [6.45, 7) is 5.84. The maximum atomic E-state index is 12.0. The highest BCUT2D eigenvalue weighted by Crippen LogP contribution is 2.23. The fourth-order valence-corrected chi connectivity index (χ4v) is 2.65. The third-order valence-corrected chi connectivity index (χ3v) is 4.54. The topological polar surface area (TPSA) is 77.2 Å². The fourth-order valence-electron chi connectivity index (χ4n) is 1.94. The van der Waals surface area contributed by atoms with Gasteiger partial charge in [0.25, 0.3) is 5.22 Å². The lowest BCUT2D eigenvalue weighted by Crippen LogP contribution is -2.37. The van der Waals surface area contributed by atoms with Crippen LogP contribution in [0.25, 0.3) is 0 Å². The average molecular weight is 349 g/mol. The molecule has 24 heavy (non-hydrogen) atoms. The number of methoxy groups -OCH3 is 1. The van der Waals surface area contributed by atoms with Crippen molar-refractivity contribution in [3.63, 3.8) is 0 Å². The number of aromatic nitrogens is 2. The maximum absolute atomic E-state index is 12.0. The molecule has 2 atom stereocenters. The van der Waals surface area contributed by atoms with Gasteiger partial charge in [0.05, 0.1) is 18.8 Å². The molecule has 6 nitrogen and oxygen atoms in total. The van der Waals surface area contributed by atoms with E-state index in [4.69, 9.17) is 9.15 Å². The van der Waals surface area contributed by atoms with Crippen molar-refractivity contribution in [1.82, 2.24) is 15.5 Å². The number of rotatable bonds is 8. The Bertz CT molecular complexity index is 657. The smallest absolute Gasteiger partial charge is 0.277 e. The Morgan fingerprint density at radius 2 is 2.00 bits per heavy atom. The van der Waals surface area contributed by atoms with E-state index >= 15 is 0 Å². The lowest BCUT2D eigenvalue weighted by Gasteiger charge is -2.14. The largest absolute Gasteiger partial charge is 0.497 e. The van der Waals surface area contributed by atoms with E-state index in [0.29, 0.717) is 17.5 Å². The van der Waals surface area contributed by atoms with E-state index in [2.05, 4.69) is 15.5 Å². The summed E-state index contributed by atoms with van der Waals surface area (Å²) in [5.41, 5.74) is 1.05. The highest BCUT2D eigenvalue weighted by atomic mass is 32.2. The normalized spacial score (nSPS) is 13.3. The summed E-state index contributed by atoms with van der Waals surface area (Å²) >= 11 is 1.27. The number of carbonyl (C=O) groups excluding carboxylic acids is 1. The molecule has 0 radical (unpaired) electrons. The van der Waals surface area contributed by atoms with Crippen molar-refractivity contribution in [3.8, 4) is 5.75 Å². The zero-order chi connectivity index (χ0) is 17.5. The second-order valence-electron chi connectivity index (χ2n) is 5.56. The molecule has 1 N–H and O–H groups in total. The second-order valence-corrected chi connectivity index (χ2v) is 6.86. The van der Waals surface area contributed by atoms with Gasteiger partial charge in [0.1, 0.15) is 5.75 Å². The Hall–Kier alpha value is -2.02. The molecule has 7 heteroatoms. The number of ether oxygens (including phenoxy) is 1. The van der Waals surface area contributed by atoms with E-state index < -0.39 is 0 Å². The van der Waals surface area contributed by atoms with E-state index in [1.165, 1.54) is 11.8 Å². The number of nitrogens with one attached hydrogen (secondary N) is 1. The Kier molecular flexibility index (Phi) is 6.66. The maximum Gasteiger partial charge on any atom is 0.277 e. The van der Waals surface area contributed by atoms with Crippen molar-refractivity contribution < 1.29 is 13.9 Å². The molecule has 1 amide bonds. The van der Waals surface area contributed by atoms with Crippen molar-refractivity contribution in [2.24, 2.45) is 0 Å². The number of thioether (sulfide) groups is 1. The van der Waals surface area contributed by atoms with Crippen LogP contribution in [0.4, 0.5) is 0 Å². The van der Waals surface area contributed by atoms with Crippen molar-refractivity contribution in [2.75, 3.05) is 7.11 Å². The van der Waals surface area contributed by atoms with Crippen LogP contribution in [0.5, 0.6) is 5.75 Å². The lowest BCUT2D eigenvalue weighted by atomic mass is 10.1. The van der Waals surface area contributed by atoms with Crippen LogP contribution in [0.1, 0.15) is 38.6 Å². The van der Waals surface area contributed by atoms with Crippen LogP contribution >= 0.6 is 11.8 Å². The van der Waals surface area contributed by atoms with Crippen LogP contribution in [0.3, 0.4) is 0 Å². The number of benzene rings is 1. The van der Waals surface area contributed by atoms with Crippen molar-refractivity contribution in [1.29, 1.82) is 0 Å². The van der Waals surface area contributed by atoms with Gasteiger partial charge in [-0.1, -0.05) is 30.8 Å². The molecule has 0 saturated heterocycles. The number of carbonyl (C=O) groups is 1. The van der Waals surface area contributed by atoms with E-state index in [-0.39, 0.29) is 17.2 Å². The highest BCUT2D eigenvalue weighted by molar-refractivity contribution is 8.00. The van der Waals surface area contributed by atoms with E-state index in [0.717, 1.165) is 17.7 Å². The van der Waals surface area contributed by atoms with Gasteiger partial charge < -0.3 is 14.5 Å². The predicted octanol–water partition coefficient (Wildman–Crippen LogP) is 3.06.